The Kier molecular flexibility index (Phi) is 15.4. The Morgan fingerprint density at radius 3 is 0.833 bits per heavy atom. The van der Waals surface area contributed by atoms with E-state index in [1.807, 2.05) is 0 Å². The molecule has 0 bridgehead atoms. The minimum absolute atomic E-state index is 0.00823. The predicted molar refractivity (Wildman–Crippen MR) is 157 cm³/mol. The molecule has 6 atom stereocenters. The van der Waals surface area contributed by atoms with Crippen molar-refractivity contribution in [3.05, 3.63) is 31.5 Å². The molecule has 1 rings (SSSR count). The van der Waals surface area contributed by atoms with Crippen LogP contribution in [0.5, 0.6) is 0 Å². The molecular formula is C15H18Br9N3O3. The van der Waals surface area contributed by atoms with Gasteiger partial charge in [0.2, 0.25) is 0 Å². The summed E-state index contributed by atoms with van der Waals surface area (Å²) in [5, 5.41) is 1.89. The van der Waals surface area contributed by atoms with Crippen LogP contribution in [0.15, 0.2) is 14.4 Å². The number of rotatable bonds is 12. The standard InChI is InChI=1S/C15H18Br9N3O3/c16-1-7(19)10(22)4-25-13(28)26(5-11(23)8(20)2-17)15(30)27(14(25)29)6-12(24)9(21)3-18/h7-12H,1-6H2. The monoisotopic (exact) mass is 998 g/mol. The summed E-state index contributed by atoms with van der Waals surface area (Å²) in [5.41, 5.74) is -1.87. The highest BCUT2D eigenvalue weighted by Gasteiger charge is 2.25. The van der Waals surface area contributed by atoms with E-state index in [2.05, 4.69) is 143 Å². The van der Waals surface area contributed by atoms with E-state index in [1.54, 1.807) is 0 Å². The van der Waals surface area contributed by atoms with E-state index in [1.165, 1.54) is 0 Å². The molecule has 6 unspecified atom stereocenters. The molecule has 0 saturated heterocycles. The lowest BCUT2D eigenvalue weighted by molar-refractivity contribution is 0.439. The Balaban J connectivity index is 3.58. The molecule has 0 aliphatic carbocycles. The van der Waals surface area contributed by atoms with Gasteiger partial charge in [-0.3, -0.25) is 0 Å². The number of nitrogens with zero attached hydrogens (tertiary/aromatic N) is 3. The van der Waals surface area contributed by atoms with Crippen molar-refractivity contribution in [2.24, 2.45) is 0 Å². The first-order valence-electron chi connectivity index (χ1n) is 8.46. The SMILES string of the molecule is O=c1n(CC(Br)C(Br)CBr)c(=O)n(CC(Br)C(Br)CBr)c(=O)n1CC(Br)C(Br)CBr. The minimum atomic E-state index is -0.624. The van der Waals surface area contributed by atoms with Crippen LogP contribution in [0.1, 0.15) is 0 Å². The molecule has 0 aliphatic heterocycles. The van der Waals surface area contributed by atoms with Crippen LogP contribution in [-0.4, -0.2) is 58.7 Å². The normalized spacial score (nSPS) is 17.9. The molecule has 0 radical (unpaired) electrons. The molecule has 1 aromatic rings. The van der Waals surface area contributed by atoms with E-state index in [9.17, 15) is 14.4 Å². The zero-order valence-corrected chi connectivity index (χ0v) is 29.4. The highest BCUT2D eigenvalue weighted by atomic mass is 79.9. The van der Waals surface area contributed by atoms with E-state index < -0.39 is 17.1 Å². The minimum Gasteiger partial charge on any atom is -0.247 e. The molecule has 1 heterocycles. The van der Waals surface area contributed by atoms with Gasteiger partial charge >= 0.3 is 17.1 Å². The fraction of sp³-hybridized carbons (Fsp3) is 0.800. The van der Waals surface area contributed by atoms with E-state index >= 15 is 0 Å². The molecule has 6 nitrogen and oxygen atoms in total. The molecule has 1 aromatic heterocycles. The lowest BCUT2D eigenvalue weighted by atomic mass is 10.3. The highest BCUT2D eigenvalue weighted by molar-refractivity contribution is 9.14. The van der Waals surface area contributed by atoms with E-state index in [-0.39, 0.29) is 48.6 Å². The largest absolute Gasteiger partial charge is 0.336 e. The van der Waals surface area contributed by atoms with Gasteiger partial charge in [0.15, 0.2) is 0 Å². The van der Waals surface area contributed by atoms with Gasteiger partial charge in [-0.05, 0) is 0 Å². The van der Waals surface area contributed by atoms with Gasteiger partial charge in [0.05, 0.1) is 0 Å². The van der Waals surface area contributed by atoms with Crippen LogP contribution >= 0.6 is 143 Å². The van der Waals surface area contributed by atoms with Gasteiger partial charge in [-0.2, -0.15) is 0 Å². The van der Waals surface area contributed by atoms with Crippen molar-refractivity contribution in [1.29, 1.82) is 0 Å². The summed E-state index contributed by atoms with van der Waals surface area (Å²) in [6, 6.07) is 0. The quantitative estimate of drug-likeness (QED) is 0.279. The van der Waals surface area contributed by atoms with Crippen molar-refractivity contribution in [3.8, 4) is 0 Å². The number of halogens is 9. The second kappa shape index (κ2) is 15.0. The van der Waals surface area contributed by atoms with Crippen molar-refractivity contribution in [2.75, 3.05) is 16.0 Å². The molecule has 0 saturated carbocycles. The molecule has 0 N–H and O–H groups in total. The Morgan fingerprint density at radius 1 is 0.467 bits per heavy atom. The van der Waals surface area contributed by atoms with Crippen molar-refractivity contribution in [1.82, 2.24) is 13.7 Å². The van der Waals surface area contributed by atoms with Gasteiger partial charge in [0.25, 0.3) is 0 Å². The van der Waals surface area contributed by atoms with Crippen LogP contribution in [0, 0.1) is 0 Å². The van der Waals surface area contributed by atoms with Crippen molar-refractivity contribution in [3.63, 3.8) is 0 Å². The van der Waals surface area contributed by atoms with Crippen LogP contribution in [0.25, 0.3) is 0 Å². The van der Waals surface area contributed by atoms with Crippen molar-refractivity contribution < 1.29 is 0 Å². The molecule has 30 heavy (non-hydrogen) atoms. The summed E-state index contributed by atoms with van der Waals surface area (Å²) in [7, 11) is 0. The molecule has 0 aliphatic rings. The van der Waals surface area contributed by atoms with E-state index in [0.29, 0.717) is 16.0 Å². The van der Waals surface area contributed by atoms with Gasteiger partial charge in [0.1, 0.15) is 0 Å². The Morgan fingerprint density at radius 2 is 0.667 bits per heavy atom. The van der Waals surface area contributed by atoms with Crippen LogP contribution in [0.4, 0.5) is 0 Å². The first-order chi connectivity index (χ1) is 14.0. The van der Waals surface area contributed by atoms with Gasteiger partial charge in [0, 0.05) is 64.6 Å². The average Bonchev–Trinajstić information content (AvgIpc) is 2.74. The zero-order chi connectivity index (χ0) is 23.2. The zero-order valence-electron chi connectivity index (χ0n) is 15.2. The molecule has 0 amide bonds. The van der Waals surface area contributed by atoms with Crippen LogP contribution in [-0.2, 0) is 19.6 Å². The Labute approximate surface area is 249 Å². The highest BCUT2D eigenvalue weighted by Crippen LogP contribution is 2.20. The fourth-order valence-corrected chi connectivity index (χ4v) is 7.10. The van der Waals surface area contributed by atoms with Crippen molar-refractivity contribution >= 4 is 143 Å². The fourth-order valence-electron chi connectivity index (χ4n) is 2.31. The third-order valence-corrected chi connectivity index (χ3v) is 16.6. The average molecular weight is 1010 g/mol. The maximum Gasteiger partial charge on any atom is 0.336 e. The third kappa shape index (κ3) is 8.44. The summed E-state index contributed by atoms with van der Waals surface area (Å²) in [5.74, 6) is 0. The van der Waals surface area contributed by atoms with Gasteiger partial charge in [-0.1, -0.05) is 143 Å². The lowest BCUT2D eigenvalue weighted by Crippen LogP contribution is -2.57. The summed E-state index contributed by atoms with van der Waals surface area (Å²) in [6.45, 7) is 0.350. The van der Waals surface area contributed by atoms with Crippen LogP contribution in [0.3, 0.4) is 0 Å². The molecule has 0 aromatic carbocycles. The number of hydrogen-bond acceptors (Lipinski definition) is 3. The van der Waals surface area contributed by atoms with Gasteiger partial charge in [-0.15, -0.1) is 0 Å². The van der Waals surface area contributed by atoms with E-state index in [0.717, 1.165) is 13.7 Å². The lowest BCUT2D eigenvalue weighted by Gasteiger charge is -2.21. The van der Waals surface area contributed by atoms with Crippen LogP contribution < -0.4 is 17.1 Å². The molecule has 0 spiro atoms. The smallest absolute Gasteiger partial charge is 0.247 e. The summed E-state index contributed by atoms with van der Waals surface area (Å²) >= 11 is 31.3. The summed E-state index contributed by atoms with van der Waals surface area (Å²) < 4.78 is 3.35. The van der Waals surface area contributed by atoms with Crippen LogP contribution in [0.2, 0.25) is 0 Å². The molecule has 15 heteroatoms. The Hall–Kier alpha value is 2.73. The summed E-state index contributed by atoms with van der Waals surface area (Å²) in [6.07, 6.45) is 0. The second-order valence-electron chi connectivity index (χ2n) is 6.24. The van der Waals surface area contributed by atoms with Crippen molar-refractivity contribution in [2.45, 2.75) is 48.6 Å². The molecule has 174 valence electrons. The molecule has 0 fully saturated rings. The summed E-state index contributed by atoms with van der Waals surface area (Å²) in [4.78, 5) is 38.7. The first kappa shape index (κ1) is 30.8. The topological polar surface area (TPSA) is 66.0 Å². The predicted octanol–water partition coefficient (Wildman–Crippen LogP) is 4.94. The van der Waals surface area contributed by atoms with Gasteiger partial charge in [-0.25, -0.2) is 28.1 Å². The maximum atomic E-state index is 13.1. The molecular weight excluding hydrogens is 989 g/mol. The maximum absolute atomic E-state index is 13.1. The Bertz CT molecular complexity index is 719. The first-order valence-corrected chi connectivity index (χ1v) is 17.3. The van der Waals surface area contributed by atoms with Gasteiger partial charge < -0.3 is 0 Å². The number of alkyl halides is 9. The number of aromatic nitrogens is 3. The van der Waals surface area contributed by atoms with E-state index in [4.69, 9.17) is 0 Å². The second-order valence-corrected chi connectivity index (χ2v) is 15.2. The number of hydrogen-bond donors (Lipinski definition) is 0. The third-order valence-electron chi connectivity index (χ3n) is 4.08.